The predicted octanol–water partition coefficient (Wildman–Crippen LogP) is 10.7. The zero-order valence-electron chi connectivity index (χ0n) is 28.3. The van der Waals surface area contributed by atoms with Gasteiger partial charge >= 0.3 is 0 Å². The fourth-order valence-electron chi connectivity index (χ4n) is 6.05. The molecule has 0 bridgehead atoms. The summed E-state index contributed by atoms with van der Waals surface area (Å²) in [5.74, 6) is 3.86. The van der Waals surface area contributed by atoms with E-state index in [2.05, 4.69) is 31.7 Å². The van der Waals surface area contributed by atoms with Crippen molar-refractivity contribution in [2.24, 2.45) is 0 Å². The number of pyridine rings is 4. The van der Waals surface area contributed by atoms with Crippen LogP contribution in [0, 0.1) is 0 Å². The number of nitrogens with one attached hydrogen (secondary N) is 2. The smallest absolute Gasteiger partial charge is 0.226 e. The number of nitrogens with zero attached hydrogens (tertiary/aromatic N) is 4. The van der Waals surface area contributed by atoms with Crippen LogP contribution in [0.15, 0.2) is 147 Å². The summed E-state index contributed by atoms with van der Waals surface area (Å²) in [6.45, 7) is 0. The Morgan fingerprint density at radius 3 is 1.83 bits per heavy atom. The molecule has 2 aliphatic heterocycles. The van der Waals surface area contributed by atoms with Crippen LogP contribution in [0.3, 0.4) is 0 Å². The highest BCUT2D eigenvalue weighted by Crippen LogP contribution is 2.38. The van der Waals surface area contributed by atoms with Crippen molar-refractivity contribution in [1.29, 1.82) is 0 Å². The van der Waals surface area contributed by atoms with Gasteiger partial charge in [-0.2, -0.15) is 0 Å². The quantitative estimate of drug-likeness (QED) is 0.136. The van der Waals surface area contributed by atoms with E-state index in [9.17, 15) is 0 Å². The van der Waals surface area contributed by atoms with Gasteiger partial charge < -0.3 is 29.6 Å². The standard InChI is InChI=1S/C42H36N6O4/c1-4-21-43-39(11-1)47-31-12-16-34(17-13-31)52-42-36(38-10-3-6-25-50-38)26-30(28-46-42)29-20-23-44-40(27-29)48-32-14-18-33(19-15-32)51-41-35(8-7-22-45-41)37-9-2-5-24-49-37/h1,4-8,11-28,37-38H,2-3,9-10H2,(H,43,47)(H,44,48). The maximum Gasteiger partial charge on any atom is 0.226 e. The van der Waals surface area contributed by atoms with Gasteiger partial charge in [0, 0.05) is 41.7 Å². The molecule has 0 fully saturated rings. The van der Waals surface area contributed by atoms with Crippen LogP contribution in [-0.2, 0) is 9.47 Å². The maximum atomic E-state index is 6.34. The van der Waals surface area contributed by atoms with Crippen LogP contribution in [0.2, 0.25) is 0 Å². The Morgan fingerprint density at radius 1 is 0.538 bits per heavy atom. The van der Waals surface area contributed by atoms with Gasteiger partial charge in [-0.1, -0.05) is 6.07 Å². The maximum absolute atomic E-state index is 6.34. The summed E-state index contributed by atoms with van der Waals surface area (Å²) in [5, 5.41) is 6.71. The van der Waals surface area contributed by atoms with Gasteiger partial charge in [-0.3, -0.25) is 0 Å². The van der Waals surface area contributed by atoms with Gasteiger partial charge in [-0.25, -0.2) is 19.9 Å². The van der Waals surface area contributed by atoms with E-state index in [-0.39, 0.29) is 12.2 Å². The number of allylic oxidation sites excluding steroid dienone is 2. The van der Waals surface area contributed by atoms with Crippen molar-refractivity contribution in [3.8, 4) is 34.4 Å². The van der Waals surface area contributed by atoms with E-state index in [1.807, 2.05) is 109 Å². The molecule has 4 aromatic heterocycles. The fourth-order valence-corrected chi connectivity index (χ4v) is 6.05. The van der Waals surface area contributed by atoms with Gasteiger partial charge in [0.25, 0.3) is 0 Å². The monoisotopic (exact) mass is 688 g/mol. The van der Waals surface area contributed by atoms with E-state index in [0.29, 0.717) is 29.1 Å². The second-order valence-corrected chi connectivity index (χ2v) is 12.3. The third kappa shape index (κ3) is 7.87. The van der Waals surface area contributed by atoms with E-state index in [1.165, 1.54) is 0 Å². The lowest BCUT2D eigenvalue weighted by Crippen LogP contribution is -2.07. The zero-order chi connectivity index (χ0) is 35.0. The molecule has 52 heavy (non-hydrogen) atoms. The molecule has 2 aliphatic rings. The molecule has 0 radical (unpaired) electrons. The first kappa shape index (κ1) is 32.5. The van der Waals surface area contributed by atoms with Crippen molar-refractivity contribution < 1.29 is 18.9 Å². The van der Waals surface area contributed by atoms with Crippen LogP contribution in [0.5, 0.6) is 23.3 Å². The van der Waals surface area contributed by atoms with Gasteiger partial charge in [-0.05, 0) is 134 Å². The van der Waals surface area contributed by atoms with Crippen LogP contribution in [0.4, 0.5) is 23.0 Å². The summed E-state index contributed by atoms with van der Waals surface area (Å²) in [6, 6.07) is 31.1. The summed E-state index contributed by atoms with van der Waals surface area (Å²) in [5.41, 5.74) is 5.46. The first-order valence-corrected chi connectivity index (χ1v) is 17.3. The van der Waals surface area contributed by atoms with E-state index >= 15 is 0 Å². The molecule has 10 nitrogen and oxygen atoms in total. The third-order valence-electron chi connectivity index (χ3n) is 8.68. The number of anilines is 4. The lowest BCUT2D eigenvalue weighted by atomic mass is 10.0. The topological polar surface area (TPSA) is 113 Å². The predicted molar refractivity (Wildman–Crippen MR) is 200 cm³/mol. The highest BCUT2D eigenvalue weighted by atomic mass is 16.5. The molecular weight excluding hydrogens is 652 g/mol. The third-order valence-corrected chi connectivity index (χ3v) is 8.68. The van der Waals surface area contributed by atoms with E-state index in [1.54, 1.807) is 31.1 Å². The average molecular weight is 689 g/mol. The lowest BCUT2D eigenvalue weighted by Gasteiger charge is -2.22. The molecule has 2 aromatic carbocycles. The van der Waals surface area contributed by atoms with Crippen LogP contribution in [-0.4, -0.2) is 19.9 Å². The molecule has 0 saturated heterocycles. The minimum Gasteiger partial charge on any atom is -0.493 e. The molecule has 2 unspecified atom stereocenters. The molecule has 0 aliphatic carbocycles. The molecule has 0 spiro atoms. The Morgan fingerprint density at radius 2 is 1.17 bits per heavy atom. The minimum absolute atomic E-state index is 0.0753. The molecule has 0 amide bonds. The largest absolute Gasteiger partial charge is 0.493 e. The van der Waals surface area contributed by atoms with Gasteiger partial charge in [0.1, 0.15) is 35.3 Å². The molecule has 6 aromatic rings. The molecule has 6 heterocycles. The molecule has 10 heteroatoms. The average Bonchev–Trinajstić information content (AvgIpc) is 3.21. The Bertz CT molecular complexity index is 2170. The summed E-state index contributed by atoms with van der Waals surface area (Å²) >= 11 is 0. The van der Waals surface area contributed by atoms with E-state index in [0.717, 1.165) is 65.1 Å². The SMILES string of the molecule is C1=COC(c2cccnc2Oc2ccc(Nc3cc(-c4cnc(Oc5ccc(Nc6ccccn6)cc5)c(C5CCC=CO5)c4)ccn3)cc2)CC1. The van der Waals surface area contributed by atoms with Crippen molar-refractivity contribution in [1.82, 2.24) is 19.9 Å². The van der Waals surface area contributed by atoms with Gasteiger partial charge in [0.15, 0.2) is 0 Å². The van der Waals surface area contributed by atoms with Crippen molar-refractivity contribution in [3.63, 3.8) is 0 Å². The van der Waals surface area contributed by atoms with Gasteiger partial charge in [-0.15, -0.1) is 0 Å². The minimum atomic E-state index is -0.188. The van der Waals surface area contributed by atoms with Crippen molar-refractivity contribution in [2.75, 3.05) is 10.6 Å². The van der Waals surface area contributed by atoms with Crippen molar-refractivity contribution in [2.45, 2.75) is 37.9 Å². The normalized spacial score (nSPS) is 16.3. The van der Waals surface area contributed by atoms with Crippen LogP contribution in [0.25, 0.3) is 11.1 Å². The van der Waals surface area contributed by atoms with Crippen molar-refractivity contribution >= 4 is 23.0 Å². The number of benzene rings is 2. The second-order valence-electron chi connectivity index (χ2n) is 12.3. The Kier molecular flexibility index (Phi) is 9.68. The molecule has 2 N–H and O–H groups in total. The Balaban J connectivity index is 0.973. The van der Waals surface area contributed by atoms with Crippen LogP contribution >= 0.6 is 0 Å². The van der Waals surface area contributed by atoms with Crippen LogP contribution < -0.4 is 20.1 Å². The van der Waals surface area contributed by atoms with Crippen molar-refractivity contribution in [3.05, 3.63) is 158 Å². The van der Waals surface area contributed by atoms with Gasteiger partial charge in [0.2, 0.25) is 11.8 Å². The highest BCUT2D eigenvalue weighted by molar-refractivity contribution is 5.69. The van der Waals surface area contributed by atoms with Crippen LogP contribution in [0.1, 0.15) is 49.0 Å². The first-order chi connectivity index (χ1) is 25.7. The molecule has 0 saturated carbocycles. The molecule has 2 atom stereocenters. The van der Waals surface area contributed by atoms with E-state index < -0.39 is 0 Å². The number of rotatable bonds is 11. The summed E-state index contributed by atoms with van der Waals surface area (Å²) in [6.07, 6.45) is 18.0. The first-order valence-electron chi connectivity index (χ1n) is 17.3. The Labute approximate surface area is 301 Å². The number of hydrogen-bond acceptors (Lipinski definition) is 10. The Hall–Kier alpha value is -6.68. The zero-order valence-corrected chi connectivity index (χ0v) is 28.3. The number of hydrogen-bond donors (Lipinski definition) is 2. The summed E-state index contributed by atoms with van der Waals surface area (Å²) < 4.78 is 24.4. The molecular formula is C42H36N6O4. The summed E-state index contributed by atoms with van der Waals surface area (Å²) in [4.78, 5) is 18.2. The lowest BCUT2D eigenvalue weighted by molar-refractivity contribution is 0.122. The molecule has 8 rings (SSSR count). The second kappa shape index (κ2) is 15.5. The fraction of sp³-hybridized carbons (Fsp3) is 0.143. The highest BCUT2D eigenvalue weighted by Gasteiger charge is 2.22. The molecule has 258 valence electrons. The van der Waals surface area contributed by atoms with E-state index in [4.69, 9.17) is 23.9 Å². The van der Waals surface area contributed by atoms with Gasteiger partial charge in [0.05, 0.1) is 23.7 Å². The summed E-state index contributed by atoms with van der Waals surface area (Å²) in [7, 11) is 0. The number of ether oxygens (including phenoxy) is 4. The number of aromatic nitrogens is 4.